The highest BCUT2D eigenvalue weighted by molar-refractivity contribution is 8.13. The van der Waals surface area contributed by atoms with Gasteiger partial charge in [0.15, 0.2) is 5.12 Å². The number of benzene rings is 1. The predicted octanol–water partition coefficient (Wildman–Crippen LogP) is 0.764. The largest absolute Gasteiger partial charge is 0.507 e. The molecule has 0 aliphatic heterocycles. The first kappa shape index (κ1) is 15.5. The van der Waals surface area contributed by atoms with E-state index >= 15 is 0 Å². The molecule has 1 rings (SSSR count). The number of hydrogen-bond donors (Lipinski definition) is 4. The van der Waals surface area contributed by atoms with Crippen LogP contribution in [0.15, 0.2) is 18.2 Å². The fourth-order valence-electron chi connectivity index (χ4n) is 1.42. The van der Waals surface area contributed by atoms with Gasteiger partial charge in [-0.25, -0.2) is 4.79 Å². The molecule has 0 aliphatic carbocycles. The van der Waals surface area contributed by atoms with Gasteiger partial charge in [0.2, 0.25) is 0 Å². The smallest absolute Gasteiger partial charge is 0.339 e. The number of aliphatic hydroxyl groups excluding tert-OH is 2. The summed E-state index contributed by atoms with van der Waals surface area (Å²) in [6.45, 7) is 1.34. The van der Waals surface area contributed by atoms with E-state index < -0.39 is 23.9 Å². The Morgan fingerprint density at radius 3 is 2.47 bits per heavy atom. The number of aliphatic hydroxyl groups is 2. The molecule has 7 heteroatoms. The molecule has 6 nitrogen and oxygen atoms in total. The summed E-state index contributed by atoms with van der Waals surface area (Å²) in [6, 6.07) is 3.53. The summed E-state index contributed by atoms with van der Waals surface area (Å²) in [7, 11) is 0. The minimum atomic E-state index is -1.33. The first-order chi connectivity index (χ1) is 8.82. The standard InChI is InChI=1S/C12H14O6S/c1-6(13)19-5-10(15)11(16)7-2-3-9(14)8(4-7)12(17)18/h2-4,10-11,14-16H,5H2,1H3,(H,17,18). The van der Waals surface area contributed by atoms with E-state index in [4.69, 9.17) is 5.11 Å². The summed E-state index contributed by atoms with van der Waals surface area (Å²) in [6.07, 6.45) is -2.54. The lowest BCUT2D eigenvalue weighted by Crippen LogP contribution is -2.21. The first-order valence-corrected chi connectivity index (χ1v) is 6.37. The van der Waals surface area contributed by atoms with Gasteiger partial charge in [0.1, 0.15) is 17.4 Å². The molecule has 0 fully saturated rings. The Morgan fingerprint density at radius 1 is 1.32 bits per heavy atom. The van der Waals surface area contributed by atoms with E-state index in [0.29, 0.717) is 0 Å². The third kappa shape index (κ3) is 4.23. The van der Waals surface area contributed by atoms with Gasteiger partial charge in [0, 0.05) is 12.7 Å². The van der Waals surface area contributed by atoms with Crippen LogP contribution in [0.2, 0.25) is 0 Å². The van der Waals surface area contributed by atoms with E-state index in [2.05, 4.69) is 0 Å². The summed E-state index contributed by atoms with van der Waals surface area (Å²) in [4.78, 5) is 21.6. The number of aromatic carboxylic acids is 1. The van der Waals surface area contributed by atoms with Gasteiger partial charge in [0.25, 0.3) is 0 Å². The second kappa shape index (κ2) is 6.55. The maximum absolute atomic E-state index is 10.8. The van der Waals surface area contributed by atoms with Crippen molar-refractivity contribution in [3.63, 3.8) is 0 Å². The van der Waals surface area contributed by atoms with Gasteiger partial charge < -0.3 is 20.4 Å². The summed E-state index contributed by atoms with van der Waals surface area (Å²) < 4.78 is 0. The van der Waals surface area contributed by atoms with Crippen molar-refractivity contribution in [2.45, 2.75) is 19.1 Å². The minimum Gasteiger partial charge on any atom is -0.507 e. The number of phenols is 1. The van der Waals surface area contributed by atoms with Crippen LogP contribution in [-0.2, 0) is 4.79 Å². The van der Waals surface area contributed by atoms with Crippen molar-refractivity contribution in [3.05, 3.63) is 29.3 Å². The molecule has 0 heterocycles. The number of carbonyl (C=O) groups is 2. The van der Waals surface area contributed by atoms with Gasteiger partial charge in [-0.15, -0.1) is 0 Å². The van der Waals surface area contributed by atoms with E-state index in [-0.39, 0.29) is 22.0 Å². The van der Waals surface area contributed by atoms with Gasteiger partial charge >= 0.3 is 5.97 Å². The Bertz CT molecular complexity index is 487. The maximum Gasteiger partial charge on any atom is 0.339 e. The third-order valence-corrected chi connectivity index (χ3v) is 3.33. The fraction of sp³-hybridized carbons (Fsp3) is 0.333. The van der Waals surface area contributed by atoms with Crippen molar-refractivity contribution in [2.75, 3.05) is 5.75 Å². The normalized spacial score (nSPS) is 13.8. The van der Waals surface area contributed by atoms with Crippen LogP contribution in [0.3, 0.4) is 0 Å². The molecule has 0 radical (unpaired) electrons. The number of aromatic hydroxyl groups is 1. The van der Waals surface area contributed by atoms with Crippen molar-refractivity contribution in [2.24, 2.45) is 0 Å². The molecule has 0 saturated carbocycles. The highest BCUT2D eigenvalue weighted by Crippen LogP contribution is 2.25. The molecule has 104 valence electrons. The van der Waals surface area contributed by atoms with Crippen LogP contribution >= 0.6 is 11.8 Å². The number of hydrogen-bond acceptors (Lipinski definition) is 6. The highest BCUT2D eigenvalue weighted by atomic mass is 32.2. The van der Waals surface area contributed by atoms with Crippen LogP contribution in [0.1, 0.15) is 28.9 Å². The average molecular weight is 286 g/mol. The molecule has 2 unspecified atom stereocenters. The minimum absolute atomic E-state index is 0.000217. The quantitative estimate of drug-likeness (QED) is 0.631. The first-order valence-electron chi connectivity index (χ1n) is 5.38. The monoisotopic (exact) mass is 286 g/mol. The van der Waals surface area contributed by atoms with Crippen molar-refractivity contribution in [1.29, 1.82) is 0 Å². The van der Waals surface area contributed by atoms with Crippen LogP contribution in [0.25, 0.3) is 0 Å². The lowest BCUT2D eigenvalue weighted by Gasteiger charge is -2.17. The highest BCUT2D eigenvalue weighted by Gasteiger charge is 2.21. The lowest BCUT2D eigenvalue weighted by atomic mass is 10.0. The average Bonchev–Trinajstić information content (AvgIpc) is 2.35. The number of carbonyl (C=O) groups excluding carboxylic acids is 1. The molecule has 1 aromatic rings. The molecular weight excluding hydrogens is 272 g/mol. The second-order valence-corrected chi connectivity index (χ2v) is 5.09. The number of thioether (sulfide) groups is 1. The molecule has 2 atom stereocenters. The molecule has 4 N–H and O–H groups in total. The van der Waals surface area contributed by atoms with Crippen molar-refractivity contribution < 1.29 is 30.0 Å². The molecule has 0 amide bonds. The topological polar surface area (TPSA) is 115 Å². The van der Waals surface area contributed by atoms with Gasteiger partial charge in [-0.05, 0) is 17.7 Å². The van der Waals surface area contributed by atoms with Gasteiger partial charge in [-0.3, -0.25) is 4.79 Å². The zero-order chi connectivity index (χ0) is 14.6. The fourth-order valence-corrected chi connectivity index (χ4v) is 2.01. The molecule has 1 aromatic carbocycles. The summed E-state index contributed by atoms with van der Waals surface area (Å²) >= 11 is 0.861. The predicted molar refractivity (Wildman–Crippen MR) is 69.2 cm³/mol. The summed E-state index contributed by atoms with van der Waals surface area (Å²) in [5.74, 6) is -1.75. The van der Waals surface area contributed by atoms with Crippen molar-refractivity contribution >= 4 is 22.8 Å². The van der Waals surface area contributed by atoms with E-state index in [1.807, 2.05) is 0 Å². The summed E-state index contributed by atoms with van der Waals surface area (Å²) in [5, 5.41) is 37.5. The molecule has 0 aromatic heterocycles. The van der Waals surface area contributed by atoms with Crippen LogP contribution in [0.5, 0.6) is 5.75 Å². The number of carboxylic acid groups (broad SMARTS) is 1. The maximum atomic E-state index is 10.8. The van der Waals surface area contributed by atoms with Gasteiger partial charge in [-0.1, -0.05) is 17.8 Å². The van der Waals surface area contributed by atoms with E-state index in [1.54, 1.807) is 0 Å². The Kier molecular flexibility index (Phi) is 5.34. The van der Waals surface area contributed by atoms with Crippen molar-refractivity contribution in [1.82, 2.24) is 0 Å². The van der Waals surface area contributed by atoms with Crippen LogP contribution in [0, 0.1) is 0 Å². The molecular formula is C12H14O6S. The zero-order valence-corrected chi connectivity index (χ0v) is 10.9. The molecule has 19 heavy (non-hydrogen) atoms. The van der Waals surface area contributed by atoms with Gasteiger partial charge in [0.05, 0.1) is 6.10 Å². The Labute approximate surface area is 113 Å². The van der Waals surface area contributed by atoms with Crippen LogP contribution in [0.4, 0.5) is 0 Å². The van der Waals surface area contributed by atoms with Crippen LogP contribution < -0.4 is 0 Å². The third-order valence-electron chi connectivity index (χ3n) is 2.41. The Hall–Kier alpha value is -1.57. The van der Waals surface area contributed by atoms with E-state index in [0.717, 1.165) is 23.9 Å². The van der Waals surface area contributed by atoms with E-state index in [9.17, 15) is 24.9 Å². The Morgan fingerprint density at radius 2 is 1.95 bits per heavy atom. The SMILES string of the molecule is CC(=O)SCC(O)C(O)c1ccc(O)c(C(=O)O)c1. The van der Waals surface area contributed by atoms with E-state index in [1.165, 1.54) is 13.0 Å². The van der Waals surface area contributed by atoms with Crippen LogP contribution in [-0.4, -0.2) is 43.4 Å². The Balaban J connectivity index is 2.87. The summed E-state index contributed by atoms with van der Waals surface area (Å²) in [5.41, 5.74) is -0.199. The molecule has 0 spiro atoms. The molecule has 0 aliphatic rings. The number of carboxylic acids is 1. The zero-order valence-electron chi connectivity index (χ0n) is 10.1. The number of rotatable bonds is 5. The second-order valence-electron chi connectivity index (χ2n) is 3.90. The lowest BCUT2D eigenvalue weighted by molar-refractivity contribution is -0.109. The van der Waals surface area contributed by atoms with Gasteiger partial charge in [-0.2, -0.15) is 0 Å². The van der Waals surface area contributed by atoms with Crippen molar-refractivity contribution in [3.8, 4) is 5.75 Å². The molecule has 0 saturated heterocycles. The molecule has 0 bridgehead atoms.